The van der Waals surface area contributed by atoms with Crippen LogP contribution in [-0.4, -0.2) is 31.2 Å². The highest BCUT2D eigenvalue weighted by atomic mass is 79.9. The topological polar surface area (TPSA) is 56.3 Å². The molecule has 1 saturated carbocycles. The quantitative estimate of drug-likeness (QED) is 0.815. The van der Waals surface area contributed by atoms with E-state index >= 15 is 0 Å². The Hall–Kier alpha value is -0.720. The molecule has 0 aliphatic heterocycles. The van der Waals surface area contributed by atoms with E-state index in [0.717, 1.165) is 47.5 Å². The van der Waals surface area contributed by atoms with Crippen molar-refractivity contribution < 1.29 is 9.47 Å². The number of nitrogens with one attached hydrogen (secondary N) is 1. The van der Waals surface area contributed by atoms with Crippen LogP contribution < -0.4 is 5.32 Å². The van der Waals surface area contributed by atoms with Gasteiger partial charge >= 0.3 is 0 Å². The number of anilines is 1. The summed E-state index contributed by atoms with van der Waals surface area (Å²) in [5, 5.41) is 3.12. The zero-order chi connectivity index (χ0) is 15.3. The number of halogens is 1. The molecule has 1 N–H and O–H groups in total. The third-order valence-corrected chi connectivity index (χ3v) is 4.98. The van der Waals surface area contributed by atoms with Crippen LogP contribution in [0.5, 0.6) is 0 Å². The monoisotopic (exact) mass is 357 g/mol. The first kappa shape index (κ1) is 16.6. The van der Waals surface area contributed by atoms with Crippen LogP contribution in [0.2, 0.25) is 0 Å². The van der Waals surface area contributed by atoms with Crippen LogP contribution in [0.4, 0.5) is 5.82 Å². The smallest absolute Gasteiger partial charge is 0.163 e. The van der Waals surface area contributed by atoms with E-state index in [4.69, 9.17) is 19.4 Å². The average molecular weight is 358 g/mol. The van der Waals surface area contributed by atoms with Gasteiger partial charge in [-0.3, -0.25) is 0 Å². The standard InChI is InChI=1S/C15H24BrN3O2/c1-17-13-12(16)11(10-20-2)18-14(19-13)15(21-3)8-6-4-5-7-9-15/h4-10H2,1-3H3,(H,17,18,19). The van der Waals surface area contributed by atoms with Crippen LogP contribution in [0, 0.1) is 0 Å². The number of methoxy groups -OCH3 is 2. The van der Waals surface area contributed by atoms with Gasteiger partial charge < -0.3 is 14.8 Å². The molecular weight excluding hydrogens is 334 g/mol. The summed E-state index contributed by atoms with van der Waals surface area (Å²) in [6, 6.07) is 0. The highest BCUT2D eigenvalue weighted by Gasteiger charge is 2.36. The lowest BCUT2D eigenvalue weighted by Crippen LogP contribution is -2.31. The van der Waals surface area contributed by atoms with Crippen LogP contribution in [-0.2, 0) is 21.7 Å². The maximum absolute atomic E-state index is 5.91. The predicted molar refractivity (Wildman–Crippen MR) is 86.4 cm³/mol. The van der Waals surface area contributed by atoms with Gasteiger partial charge in [-0.15, -0.1) is 0 Å². The molecule has 1 aromatic rings. The molecule has 1 aliphatic carbocycles. The van der Waals surface area contributed by atoms with Crippen molar-refractivity contribution >= 4 is 21.7 Å². The van der Waals surface area contributed by atoms with Crippen LogP contribution in [0.25, 0.3) is 0 Å². The van der Waals surface area contributed by atoms with Crippen molar-refractivity contribution in [1.82, 2.24) is 9.97 Å². The second-order valence-electron chi connectivity index (χ2n) is 5.45. The summed E-state index contributed by atoms with van der Waals surface area (Å²) in [7, 11) is 5.30. The van der Waals surface area contributed by atoms with E-state index < -0.39 is 0 Å². The zero-order valence-electron chi connectivity index (χ0n) is 13.0. The van der Waals surface area contributed by atoms with Crippen LogP contribution >= 0.6 is 15.9 Å². The Morgan fingerprint density at radius 1 is 1.14 bits per heavy atom. The van der Waals surface area contributed by atoms with E-state index in [-0.39, 0.29) is 5.60 Å². The lowest BCUT2D eigenvalue weighted by molar-refractivity contribution is -0.0354. The molecule has 0 aromatic carbocycles. The van der Waals surface area contributed by atoms with Gasteiger partial charge in [-0.25, -0.2) is 9.97 Å². The summed E-state index contributed by atoms with van der Waals surface area (Å²) in [6.07, 6.45) is 6.77. The molecule has 1 fully saturated rings. The third kappa shape index (κ3) is 3.55. The summed E-state index contributed by atoms with van der Waals surface area (Å²) in [5.74, 6) is 1.55. The van der Waals surface area contributed by atoms with E-state index in [1.807, 2.05) is 7.05 Å². The normalized spacial score (nSPS) is 18.3. The number of ether oxygens (including phenoxy) is 2. The van der Waals surface area contributed by atoms with E-state index in [9.17, 15) is 0 Å². The number of aromatic nitrogens is 2. The minimum atomic E-state index is -0.370. The highest BCUT2D eigenvalue weighted by molar-refractivity contribution is 9.10. The Bertz CT molecular complexity index is 474. The minimum absolute atomic E-state index is 0.370. The van der Waals surface area contributed by atoms with Gasteiger partial charge in [-0.05, 0) is 28.8 Å². The largest absolute Gasteiger partial charge is 0.378 e. The Morgan fingerprint density at radius 2 is 1.81 bits per heavy atom. The molecule has 118 valence electrons. The Balaban J connectivity index is 2.46. The second-order valence-corrected chi connectivity index (χ2v) is 6.25. The van der Waals surface area contributed by atoms with Crippen LogP contribution in [0.15, 0.2) is 4.47 Å². The number of nitrogens with zero attached hydrogens (tertiary/aromatic N) is 2. The van der Waals surface area contributed by atoms with Gasteiger partial charge in [0.25, 0.3) is 0 Å². The maximum atomic E-state index is 5.91. The van der Waals surface area contributed by atoms with E-state index in [1.54, 1.807) is 14.2 Å². The first-order chi connectivity index (χ1) is 10.2. The van der Waals surface area contributed by atoms with Gasteiger partial charge in [-0.1, -0.05) is 25.7 Å². The minimum Gasteiger partial charge on any atom is -0.378 e. The Morgan fingerprint density at radius 3 is 2.33 bits per heavy atom. The molecule has 0 saturated heterocycles. The number of hydrogen-bond donors (Lipinski definition) is 1. The Labute approximate surface area is 135 Å². The van der Waals surface area contributed by atoms with E-state index in [2.05, 4.69) is 21.2 Å². The van der Waals surface area contributed by atoms with Gasteiger partial charge in [0.15, 0.2) is 5.82 Å². The summed E-state index contributed by atoms with van der Waals surface area (Å²) in [5.41, 5.74) is 0.484. The number of hydrogen-bond acceptors (Lipinski definition) is 5. The molecule has 0 unspecified atom stereocenters. The maximum Gasteiger partial charge on any atom is 0.163 e. The first-order valence-corrected chi connectivity index (χ1v) is 8.25. The van der Waals surface area contributed by atoms with Crippen molar-refractivity contribution in [1.29, 1.82) is 0 Å². The fraction of sp³-hybridized carbons (Fsp3) is 0.733. The molecule has 2 rings (SSSR count). The van der Waals surface area contributed by atoms with Crippen molar-refractivity contribution in [2.24, 2.45) is 0 Å². The fourth-order valence-electron chi connectivity index (χ4n) is 2.91. The summed E-state index contributed by atoms with van der Waals surface area (Å²) in [4.78, 5) is 9.42. The average Bonchev–Trinajstić information content (AvgIpc) is 2.76. The van der Waals surface area contributed by atoms with Crippen molar-refractivity contribution in [3.63, 3.8) is 0 Å². The Kier molecular flexibility index (Phi) is 5.96. The summed E-state index contributed by atoms with van der Waals surface area (Å²) < 4.78 is 12.0. The highest BCUT2D eigenvalue weighted by Crippen LogP contribution is 2.39. The van der Waals surface area contributed by atoms with E-state index in [1.165, 1.54) is 12.8 Å². The van der Waals surface area contributed by atoms with Gasteiger partial charge in [0, 0.05) is 21.3 Å². The molecule has 1 heterocycles. The molecular formula is C15H24BrN3O2. The van der Waals surface area contributed by atoms with Crippen LogP contribution in [0.3, 0.4) is 0 Å². The van der Waals surface area contributed by atoms with Gasteiger partial charge in [0.1, 0.15) is 11.4 Å². The summed E-state index contributed by atoms with van der Waals surface area (Å²) >= 11 is 3.55. The molecule has 0 atom stereocenters. The predicted octanol–water partition coefficient (Wildman–Crippen LogP) is 3.62. The zero-order valence-corrected chi connectivity index (χ0v) is 14.6. The molecule has 1 aliphatic rings. The van der Waals surface area contributed by atoms with Gasteiger partial charge in [0.05, 0.1) is 16.8 Å². The second kappa shape index (κ2) is 7.51. The first-order valence-electron chi connectivity index (χ1n) is 7.45. The van der Waals surface area contributed by atoms with Crippen molar-refractivity contribution in [2.45, 2.75) is 50.7 Å². The van der Waals surface area contributed by atoms with Crippen molar-refractivity contribution in [3.8, 4) is 0 Å². The molecule has 0 spiro atoms. The van der Waals surface area contributed by atoms with E-state index in [0.29, 0.717) is 6.61 Å². The molecule has 6 heteroatoms. The SMILES string of the molecule is CNc1nc(C2(OC)CCCCCC2)nc(COC)c1Br. The molecule has 0 bridgehead atoms. The fourth-order valence-corrected chi connectivity index (χ4v) is 3.40. The van der Waals surface area contributed by atoms with Gasteiger partial charge in [-0.2, -0.15) is 0 Å². The molecule has 0 amide bonds. The van der Waals surface area contributed by atoms with Crippen molar-refractivity contribution in [3.05, 3.63) is 16.0 Å². The molecule has 21 heavy (non-hydrogen) atoms. The lowest BCUT2D eigenvalue weighted by Gasteiger charge is -2.30. The molecule has 5 nitrogen and oxygen atoms in total. The van der Waals surface area contributed by atoms with Gasteiger partial charge in [0.2, 0.25) is 0 Å². The van der Waals surface area contributed by atoms with Crippen LogP contribution in [0.1, 0.15) is 50.0 Å². The summed E-state index contributed by atoms with van der Waals surface area (Å²) in [6.45, 7) is 0.449. The molecule has 1 aromatic heterocycles. The lowest BCUT2D eigenvalue weighted by atomic mass is 9.93. The third-order valence-electron chi connectivity index (χ3n) is 4.15. The molecule has 0 radical (unpaired) electrons. The number of rotatable bonds is 5. The van der Waals surface area contributed by atoms with Crippen molar-refractivity contribution in [2.75, 3.05) is 26.6 Å².